The Morgan fingerprint density at radius 1 is 1.18 bits per heavy atom. The van der Waals surface area contributed by atoms with Crippen LogP contribution in [0, 0.1) is 11.7 Å². The Bertz CT molecular complexity index is 836. The smallest absolute Gasteiger partial charge is 0.123 e. The van der Waals surface area contributed by atoms with Crippen LogP contribution in [0.3, 0.4) is 0 Å². The SMILES string of the molecule is CC(C)Cc1cc2c(s1)N(C1CCN(C(C)c3cccc(F)c3)CC1)CN=C2. The molecule has 0 aliphatic carbocycles. The van der Waals surface area contributed by atoms with Crippen molar-refractivity contribution in [3.63, 3.8) is 0 Å². The van der Waals surface area contributed by atoms with Crippen LogP contribution in [0.2, 0.25) is 0 Å². The summed E-state index contributed by atoms with van der Waals surface area (Å²) in [5, 5.41) is 1.40. The molecule has 0 bridgehead atoms. The molecule has 1 saturated heterocycles. The number of hydrogen-bond acceptors (Lipinski definition) is 4. The summed E-state index contributed by atoms with van der Waals surface area (Å²) in [5.41, 5.74) is 2.36. The van der Waals surface area contributed by atoms with Crippen molar-refractivity contribution >= 4 is 22.6 Å². The predicted octanol–water partition coefficient (Wildman–Crippen LogP) is 5.51. The molecule has 1 aromatic carbocycles. The number of rotatable bonds is 5. The maximum Gasteiger partial charge on any atom is 0.123 e. The van der Waals surface area contributed by atoms with Crippen molar-refractivity contribution in [2.24, 2.45) is 10.9 Å². The first kappa shape index (κ1) is 19.6. The maximum absolute atomic E-state index is 13.6. The van der Waals surface area contributed by atoms with Crippen LogP contribution in [0.5, 0.6) is 0 Å². The lowest BCUT2D eigenvalue weighted by molar-refractivity contribution is 0.160. The van der Waals surface area contributed by atoms with Gasteiger partial charge in [0.1, 0.15) is 17.5 Å². The third-order valence-corrected chi connectivity index (χ3v) is 7.15. The minimum absolute atomic E-state index is 0.146. The van der Waals surface area contributed by atoms with Gasteiger partial charge in [-0.3, -0.25) is 9.89 Å². The molecule has 150 valence electrons. The van der Waals surface area contributed by atoms with Gasteiger partial charge in [0.05, 0.1) is 0 Å². The van der Waals surface area contributed by atoms with Crippen molar-refractivity contribution in [2.45, 2.75) is 52.1 Å². The van der Waals surface area contributed by atoms with Gasteiger partial charge in [-0.05, 0) is 55.9 Å². The highest BCUT2D eigenvalue weighted by Crippen LogP contribution is 2.37. The first-order valence-corrected chi connectivity index (χ1v) is 11.2. The number of aliphatic imine (C=N–C) groups is 1. The molecular weight excluding hydrogens is 369 g/mol. The standard InChI is InChI=1S/C23H30FN3S/c1-16(2)11-22-13-19-14-25-15-27(23(19)28-22)21-7-9-26(10-8-21)17(3)18-5-4-6-20(24)12-18/h4-6,12-14,16-17,21H,7-11,15H2,1-3H3. The highest BCUT2D eigenvalue weighted by atomic mass is 32.1. The summed E-state index contributed by atoms with van der Waals surface area (Å²) in [6, 6.07) is 10.2. The van der Waals surface area contributed by atoms with E-state index in [1.54, 1.807) is 6.07 Å². The van der Waals surface area contributed by atoms with E-state index in [0.29, 0.717) is 12.0 Å². The average Bonchev–Trinajstić information content (AvgIpc) is 3.09. The van der Waals surface area contributed by atoms with E-state index in [0.717, 1.165) is 44.6 Å². The lowest BCUT2D eigenvalue weighted by Gasteiger charge is -2.41. The lowest BCUT2D eigenvalue weighted by Crippen LogP contribution is -2.46. The number of nitrogens with zero attached hydrogens (tertiary/aromatic N) is 3. The first-order valence-electron chi connectivity index (χ1n) is 10.4. The molecule has 28 heavy (non-hydrogen) atoms. The molecule has 1 fully saturated rings. The minimum Gasteiger partial charge on any atom is -0.340 e. The van der Waals surface area contributed by atoms with E-state index in [1.165, 1.54) is 21.5 Å². The third kappa shape index (κ3) is 4.15. The second-order valence-electron chi connectivity index (χ2n) is 8.49. The van der Waals surface area contributed by atoms with Gasteiger partial charge >= 0.3 is 0 Å². The van der Waals surface area contributed by atoms with Gasteiger partial charge < -0.3 is 4.90 Å². The van der Waals surface area contributed by atoms with Gasteiger partial charge in [0.2, 0.25) is 0 Å². The monoisotopic (exact) mass is 399 g/mol. The number of piperidine rings is 1. The highest BCUT2D eigenvalue weighted by molar-refractivity contribution is 7.16. The van der Waals surface area contributed by atoms with Crippen LogP contribution >= 0.6 is 11.3 Å². The van der Waals surface area contributed by atoms with Crippen LogP contribution in [0.1, 0.15) is 55.7 Å². The fourth-order valence-corrected chi connectivity index (χ4v) is 5.81. The van der Waals surface area contributed by atoms with E-state index in [1.807, 2.05) is 29.7 Å². The van der Waals surface area contributed by atoms with E-state index in [9.17, 15) is 4.39 Å². The average molecular weight is 400 g/mol. The summed E-state index contributed by atoms with van der Waals surface area (Å²) in [4.78, 5) is 11.1. The summed E-state index contributed by atoms with van der Waals surface area (Å²) >= 11 is 1.95. The van der Waals surface area contributed by atoms with Gasteiger partial charge in [0.25, 0.3) is 0 Å². The summed E-state index contributed by atoms with van der Waals surface area (Å²) in [7, 11) is 0. The lowest BCUT2D eigenvalue weighted by atomic mass is 9.99. The van der Waals surface area contributed by atoms with Gasteiger partial charge in [0, 0.05) is 41.8 Å². The van der Waals surface area contributed by atoms with Crippen LogP contribution < -0.4 is 4.90 Å². The fourth-order valence-electron chi connectivity index (χ4n) is 4.40. The number of anilines is 1. The molecule has 2 aliphatic rings. The van der Waals surface area contributed by atoms with Gasteiger partial charge in [0.15, 0.2) is 0 Å². The molecule has 0 amide bonds. The molecule has 0 radical (unpaired) electrons. The predicted molar refractivity (Wildman–Crippen MR) is 117 cm³/mol. The van der Waals surface area contributed by atoms with Crippen LogP contribution in [-0.4, -0.2) is 36.9 Å². The molecule has 4 rings (SSSR count). The number of hydrogen-bond donors (Lipinski definition) is 0. The molecule has 3 nitrogen and oxygen atoms in total. The molecule has 1 aromatic heterocycles. The summed E-state index contributed by atoms with van der Waals surface area (Å²) in [6.07, 6.45) is 5.45. The van der Waals surface area contributed by atoms with Crippen molar-refractivity contribution in [3.05, 3.63) is 52.2 Å². The maximum atomic E-state index is 13.6. The van der Waals surface area contributed by atoms with Crippen molar-refractivity contribution in [3.8, 4) is 0 Å². The van der Waals surface area contributed by atoms with Gasteiger partial charge in [-0.25, -0.2) is 4.39 Å². The number of thiophene rings is 1. The van der Waals surface area contributed by atoms with Crippen LogP contribution in [0.15, 0.2) is 35.3 Å². The summed E-state index contributed by atoms with van der Waals surface area (Å²) < 4.78 is 13.6. The molecule has 1 atom stereocenters. The van der Waals surface area contributed by atoms with E-state index in [4.69, 9.17) is 0 Å². The Hall–Kier alpha value is -1.72. The second-order valence-corrected chi connectivity index (χ2v) is 9.61. The Balaban J connectivity index is 1.42. The highest BCUT2D eigenvalue weighted by Gasteiger charge is 2.30. The normalized spacial score (nSPS) is 19.2. The van der Waals surface area contributed by atoms with Crippen molar-refractivity contribution in [2.75, 3.05) is 24.7 Å². The molecule has 0 spiro atoms. The molecule has 1 unspecified atom stereocenters. The van der Waals surface area contributed by atoms with E-state index >= 15 is 0 Å². The molecular formula is C23H30FN3S. The molecule has 3 heterocycles. The Kier molecular flexibility index (Phi) is 5.83. The van der Waals surface area contributed by atoms with Crippen LogP contribution in [0.25, 0.3) is 0 Å². The molecule has 0 saturated carbocycles. The zero-order valence-electron chi connectivity index (χ0n) is 17.1. The number of benzene rings is 1. The third-order valence-electron chi connectivity index (χ3n) is 5.94. The zero-order valence-corrected chi connectivity index (χ0v) is 17.9. The summed E-state index contributed by atoms with van der Waals surface area (Å²) in [6.45, 7) is 9.61. The zero-order chi connectivity index (χ0) is 19.7. The fraction of sp³-hybridized carbons (Fsp3) is 0.522. The molecule has 0 N–H and O–H groups in total. The molecule has 2 aromatic rings. The number of halogens is 1. The van der Waals surface area contributed by atoms with Crippen molar-refractivity contribution in [1.82, 2.24) is 4.90 Å². The quantitative estimate of drug-likeness (QED) is 0.660. The topological polar surface area (TPSA) is 18.8 Å². The van der Waals surface area contributed by atoms with Crippen LogP contribution in [-0.2, 0) is 6.42 Å². The van der Waals surface area contributed by atoms with E-state index in [-0.39, 0.29) is 11.9 Å². The van der Waals surface area contributed by atoms with E-state index in [2.05, 4.69) is 41.6 Å². The van der Waals surface area contributed by atoms with Crippen molar-refractivity contribution in [1.29, 1.82) is 0 Å². The minimum atomic E-state index is -0.146. The van der Waals surface area contributed by atoms with Gasteiger partial charge in [-0.1, -0.05) is 26.0 Å². The number of fused-ring (bicyclic) bond motifs is 1. The van der Waals surface area contributed by atoms with Crippen molar-refractivity contribution < 1.29 is 4.39 Å². The molecule has 5 heteroatoms. The van der Waals surface area contributed by atoms with Crippen LogP contribution in [0.4, 0.5) is 9.39 Å². The Labute approximate surface area is 171 Å². The first-order chi connectivity index (χ1) is 13.5. The molecule has 2 aliphatic heterocycles. The number of likely N-dealkylation sites (tertiary alicyclic amines) is 1. The van der Waals surface area contributed by atoms with E-state index < -0.39 is 0 Å². The van der Waals surface area contributed by atoms with Gasteiger partial charge in [-0.15, -0.1) is 11.3 Å². The largest absolute Gasteiger partial charge is 0.340 e. The second kappa shape index (κ2) is 8.34. The van der Waals surface area contributed by atoms with Gasteiger partial charge in [-0.2, -0.15) is 0 Å². The summed E-state index contributed by atoms with van der Waals surface area (Å²) in [5.74, 6) is 0.533. The Morgan fingerprint density at radius 3 is 2.68 bits per heavy atom. The Morgan fingerprint density at radius 2 is 1.96 bits per heavy atom.